The van der Waals surface area contributed by atoms with E-state index in [0.717, 1.165) is 0 Å². The van der Waals surface area contributed by atoms with E-state index < -0.39 is 72.2 Å². The maximum Gasteiger partial charge on any atom is 0.313 e. The van der Waals surface area contributed by atoms with Crippen molar-refractivity contribution in [2.45, 2.75) is 68.5 Å². The molecule has 3 amide bonds. The summed E-state index contributed by atoms with van der Waals surface area (Å²) in [5, 5.41) is 13.7. The van der Waals surface area contributed by atoms with Gasteiger partial charge in [-0.1, -0.05) is 54.1 Å². The minimum atomic E-state index is -1.33. The van der Waals surface area contributed by atoms with Crippen LogP contribution >= 0.6 is 11.6 Å². The molecule has 8 atom stereocenters. The van der Waals surface area contributed by atoms with Crippen molar-refractivity contribution in [2.24, 2.45) is 11.8 Å². The molecule has 3 saturated heterocycles. The second kappa shape index (κ2) is 15.7. The highest BCUT2D eigenvalue weighted by molar-refractivity contribution is 6.30. The summed E-state index contributed by atoms with van der Waals surface area (Å²) in [5.41, 5.74) is -0.151. The fourth-order valence-electron chi connectivity index (χ4n) is 7.55. The van der Waals surface area contributed by atoms with Crippen molar-refractivity contribution >= 4 is 41.0 Å². The minimum absolute atomic E-state index is 0.0474. The Labute approximate surface area is 291 Å². The number of nitrogens with zero attached hydrogens (tertiary/aromatic N) is 2. The molecule has 0 aliphatic carbocycles. The molecule has 3 aliphatic rings. The lowest BCUT2D eigenvalue weighted by Crippen LogP contribution is -2.58. The number of esters is 1. The summed E-state index contributed by atoms with van der Waals surface area (Å²) >= 11 is 6.13. The van der Waals surface area contributed by atoms with Crippen molar-refractivity contribution in [1.29, 1.82) is 0 Å². The van der Waals surface area contributed by atoms with Crippen LogP contribution in [0.1, 0.15) is 44.3 Å². The molecule has 49 heavy (non-hydrogen) atoms. The number of hydrogen-bond acceptors (Lipinski definition) is 8. The van der Waals surface area contributed by atoms with E-state index in [1.54, 1.807) is 67.6 Å². The highest BCUT2D eigenvalue weighted by Crippen LogP contribution is 2.59. The molecule has 2 aromatic carbocycles. The maximum absolute atomic E-state index is 14.6. The lowest BCUT2D eigenvalue weighted by Gasteiger charge is -2.38. The first-order valence-corrected chi connectivity index (χ1v) is 16.9. The third kappa shape index (κ3) is 7.03. The number of methoxy groups -OCH3 is 1. The Kier molecular flexibility index (Phi) is 11.6. The number of fused-ring (bicyclic) bond motifs is 1. The monoisotopic (exact) mass is 693 g/mol. The quantitative estimate of drug-likeness (QED) is 0.199. The molecule has 0 aromatic heterocycles. The van der Waals surface area contributed by atoms with Crippen LogP contribution in [0.15, 0.2) is 79.9 Å². The molecule has 0 unspecified atom stereocenters. The number of benzene rings is 2. The van der Waals surface area contributed by atoms with Crippen LogP contribution in [0.5, 0.6) is 0 Å². The van der Waals surface area contributed by atoms with E-state index in [1.165, 1.54) is 16.9 Å². The van der Waals surface area contributed by atoms with Gasteiger partial charge in [0.05, 0.1) is 43.2 Å². The topological polar surface area (TPSA) is 135 Å². The number of allylic oxidation sites excluding steroid dienone is 1. The van der Waals surface area contributed by atoms with Gasteiger partial charge in [0.1, 0.15) is 17.7 Å². The van der Waals surface area contributed by atoms with Crippen LogP contribution in [-0.2, 0) is 33.4 Å². The Balaban J connectivity index is 1.50. The highest BCUT2D eigenvalue weighted by Gasteiger charge is 2.75. The standard InChI is InChI=1S/C37H44ClN3O8/c1-5-7-13-29(43)39-27(22-47-4)32(24-11-9-8-10-12-24)48-36(46)30-28-18-19-37(49-28)31(30)34(44)41(23(3)21-42)33(37)35(45)40(20-6-2)26-16-14-25(38)15-17-26/h5-6,8-12,14-17,23,27-28,30-33,42H,1-2,7,13,18-22H2,3-4H3,(H,39,43)/t23-,27+,28-,30+,31+,32+,33-,37+/m1/s1. The molecule has 2 bridgehead atoms. The summed E-state index contributed by atoms with van der Waals surface area (Å²) in [7, 11) is 1.49. The second-order valence-corrected chi connectivity index (χ2v) is 13.2. The average molecular weight is 694 g/mol. The number of likely N-dealkylation sites (tertiary alicyclic amines) is 1. The Bertz CT molecular complexity index is 1540. The van der Waals surface area contributed by atoms with Gasteiger partial charge in [-0.05, 0) is 56.0 Å². The Morgan fingerprint density at radius 2 is 1.88 bits per heavy atom. The third-order valence-corrected chi connectivity index (χ3v) is 9.96. The predicted octanol–water partition coefficient (Wildman–Crippen LogP) is 4.00. The Morgan fingerprint density at radius 3 is 2.51 bits per heavy atom. The van der Waals surface area contributed by atoms with Crippen molar-refractivity contribution < 1.29 is 38.5 Å². The van der Waals surface area contributed by atoms with Crippen molar-refractivity contribution in [3.8, 4) is 0 Å². The first-order chi connectivity index (χ1) is 23.6. The molecule has 3 heterocycles. The summed E-state index contributed by atoms with van der Waals surface area (Å²) in [6.45, 7) is 8.94. The van der Waals surface area contributed by atoms with Gasteiger partial charge >= 0.3 is 5.97 Å². The molecule has 12 heteroatoms. The lowest BCUT2D eigenvalue weighted by atomic mass is 9.70. The van der Waals surface area contributed by atoms with Gasteiger partial charge in [-0.25, -0.2) is 0 Å². The molecule has 11 nitrogen and oxygen atoms in total. The summed E-state index contributed by atoms with van der Waals surface area (Å²) in [6.07, 6.45) is 3.06. The average Bonchev–Trinajstić information content (AvgIpc) is 3.76. The SMILES string of the molecule is C=CCCC(=O)N[C@@H](COC)[C@@H](OC(=O)[C@@H]1[C@H]2C(=O)N([C@H](C)CO)[C@H](C(=O)N(CC=C)c3ccc(Cl)cc3)[C@]23CC[C@H]1O3)c1ccccc1. The van der Waals surface area contributed by atoms with Gasteiger partial charge in [0.15, 0.2) is 0 Å². The number of aliphatic hydroxyl groups excluding tert-OH is 1. The number of nitrogens with one attached hydrogen (secondary N) is 1. The molecular formula is C37H44ClN3O8. The highest BCUT2D eigenvalue weighted by atomic mass is 35.5. The lowest BCUT2D eigenvalue weighted by molar-refractivity contribution is -0.163. The third-order valence-electron chi connectivity index (χ3n) is 9.70. The van der Waals surface area contributed by atoms with Crippen LogP contribution in [0.4, 0.5) is 5.69 Å². The van der Waals surface area contributed by atoms with Crippen LogP contribution in [0.3, 0.4) is 0 Å². The smallest absolute Gasteiger partial charge is 0.313 e. The molecule has 2 N–H and O–H groups in total. The Hall–Kier alpha value is -4.03. The maximum atomic E-state index is 14.6. The van der Waals surface area contributed by atoms with Crippen molar-refractivity contribution in [3.63, 3.8) is 0 Å². The summed E-state index contributed by atoms with van der Waals surface area (Å²) in [5.74, 6) is -3.87. The van der Waals surface area contributed by atoms with Crippen LogP contribution in [0.25, 0.3) is 0 Å². The van der Waals surface area contributed by atoms with Gasteiger partial charge in [-0.15, -0.1) is 13.2 Å². The van der Waals surface area contributed by atoms with E-state index in [0.29, 0.717) is 35.5 Å². The summed E-state index contributed by atoms with van der Waals surface area (Å²) in [6, 6.07) is 13.2. The molecule has 5 rings (SSSR count). The van der Waals surface area contributed by atoms with E-state index in [9.17, 15) is 24.3 Å². The first-order valence-electron chi connectivity index (χ1n) is 16.5. The minimum Gasteiger partial charge on any atom is -0.455 e. The van der Waals surface area contributed by atoms with Crippen molar-refractivity contribution in [2.75, 3.05) is 31.8 Å². The van der Waals surface area contributed by atoms with Gasteiger partial charge in [-0.2, -0.15) is 0 Å². The number of amides is 3. The van der Waals surface area contributed by atoms with Crippen molar-refractivity contribution in [1.82, 2.24) is 10.2 Å². The molecule has 1 spiro atoms. The Morgan fingerprint density at radius 1 is 1.16 bits per heavy atom. The predicted molar refractivity (Wildman–Crippen MR) is 184 cm³/mol. The van der Waals surface area contributed by atoms with Gasteiger partial charge in [0.2, 0.25) is 11.8 Å². The molecular weight excluding hydrogens is 650 g/mol. The zero-order valence-electron chi connectivity index (χ0n) is 27.8. The van der Waals surface area contributed by atoms with E-state index >= 15 is 0 Å². The molecule has 2 aromatic rings. The number of carbonyl (C=O) groups is 4. The van der Waals surface area contributed by atoms with E-state index in [1.807, 2.05) is 6.07 Å². The zero-order valence-corrected chi connectivity index (χ0v) is 28.6. The normalized spacial score (nSPS) is 25.6. The van der Waals surface area contributed by atoms with Crippen LogP contribution in [0.2, 0.25) is 5.02 Å². The number of carbonyl (C=O) groups excluding carboxylic acids is 4. The summed E-state index contributed by atoms with van der Waals surface area (Å²) < 4.78 is 18.3. The van der Waals surface area contributed by atoms with E-state index in [2.05, 4.69) is 18.5 Å². The molecule has 0 saturated carbocycles. The van der Waals surface area contributed by atoms with E-state index in [-0.39, 0.29) is 25.5 Å². The van der Waals surface area contributed by atoms with Crippen LogP contribution in [0, 0.1) is 11.8 Å². The number of rotatable bonds is 16. The van der Waals surface area contributed by atoms with Crippen LogP contribution < -0.4 is 10.2 Å². The molecule has 3 aliphatic heterocycles. The number of aliphatic hydroxyl groups is 1. The summed E-state index contributed by atoms with van der Waals surface area (Å²) in [4.78, 5) is 59.1. The molecule has 3 fully saturated rings. The van der Waals surface area contributed by atoms with Gasteiger partial charge in [0, 0.05) is 30.8 Å². The second-order valence-electron chi connectivity index (χ2n) is 12.8. The fourth-order valence-corrected chi connectivity index (χ4v) is 7.67. The van der Waals surface area contributed by atoms with Crippen LogP contribution in [-0.4, -0.2) is 90.4 Å². The number of anilines is 1. The zero-order chi connectivity index (χ0) is 35.3. The van der Waals surface area contributed by atoms with Gasteiger partial charge in [0.25, 0.3) is 5.91 Å². The van der Waals surface area contributed by atoms with E-state index in [4.69, 9.17) is 25.8 Å². The largest absolute Gasteiger partial charge is 0.455 e. The first kappa shape index (κ1) is 36.3. The number of ether oxygens (including phenoxy) is 3. The van der Waals surface area contributed by atoms with Gasteiger partial charge in [-0.3, -0.25) is 19.2 Å². The molecule has 262 valence electrons. The fraction of sp³-hybridized carbons (Fsp3) is 0.459. The number of hydrogen-bond donors (Lipinski definition) is 2. The van der Waals surface area contributed by atoms with Crippen molar-refractivity contribution in [3.05, 3.63) is 90.5 Å². The molecule has 0 radical (unpaired) electrons. The number of halogens is 1. The van der Waals surface area contributed by atoms with Gasteiger partial charge < -0.3 is 34.4 Å².